The first kappa shape index (κ1) is 62.1. The number of unbranched alkanes of at least 4 members (excludes halogenated alkanes) is 40. The van der Waals surface area contributed by atoms with E-state index >= 15 is 0 Å². The molecule has 0 radical (unpaired) electrons. The second-order valence-corrected chi connectivity index (χ2v) is 19.6. The summed E-state index contributed by atoms with van der Waals surface area (Å²) in [5.74, 6) is -0.855. The van der Waals surface area contributed by atoms with Crippen LogP contribution in [0, 0.1) is 0 Å². The van der Waals surface area contributed by atoms with Gasteiger partial charge in [0.1, 0.15) is 13.2 Å². The Bertz CT molecular complexity index is 993. The molecule has 0 saturated heterocycles. The average Bonchev–Trinajstić information content (AvgIpc) is 3.29. The van der Waals surface area contributed by atoms with Crippen molar-refractivity contribution in [1.82, 2.24) is 0 Å². The third-order valence-electron chi connectivity index (χ3n) is 13.0. The molecular formula is C58H110O6. The Kier molecular flexibility index (Phi) is 52.2. The molecule has 0 amide bonds. The molecule has 0 aromatic heterocycles. The van der Waals surface area contributed by atoms with Crippen LogP contribution in [0.15, 0.2) is 12.2 Å². The molecule has 6 nitrogen and oxygen atoms in total. The minimum Gasteiger partial charge on any atom is -0.462 e. The Labute approximate surface area is 399 Å². The van der Waals surface area contributed by atoms with Crippen molar-refractivity contribution in [2.45, 2.75) is 329 Å². The molecule has 6 heteroatoms. The highest BCUT2D eigenvalue weighted by Gasteiger charge is 2.19. The molecule has 0 aliphatic carbocycles. The highest BCUT2D eigenvalue weighted by molar-refractivity contribution is 5.71. The van der Waals surface area contributed by atoms with Crippen LogP contribution in [-0.4, -0.2) is 37.2 Å². The summed E-state index contributed by atoms with van der Waals surface area (Å²) in [7, 11) is 0. The van der Waals surface area contributed by atoms with E-state index in [2.05, 4.69) is 32.9 Å². The number of carbonyl (C=O) groups is 3. The molecule has 0 aromatic carbocycles. The lowest BCUT2D eigenvalue weighted by molar-refractivity contribution is -0.167. The van der Waals surface area contributed by atoms with Crippen LogP contribution in [0.5, 0.6) is 0 Å². The zero-order valence-electron chi connectivity index (χ0n) is 43.3. The molecular weight excluding hydrogens is 793 g/mol. The van der Waals surface area contributed by atoms with Gasteiger partial charge in [-0.05, 0) is 44.9 Å². The minimum atomic E-state index is -0.768. The maximum atomic E-state index is 12.8. The average molecular weight is 904 g/mol. The molecule has 64 heavy (non-hydrogen) atoms. The van der Waals surface area contributed by atoms with Gasteiger partial charge in [-0.1, -0.05) is 270 Å². The first-order valence-electron chi connectivity index (χ1n) is 28.7. The monoisotopic (exact) mass is 903 g/mol. The van der Waals surface area contributed by atoms with Crippen LogP contribution < -0.4 is 0 Å². The quantitative estimate of drug-likeness (QED) is 0.0262. The summed E-state index contributed by atoms with van der Waals surface area (Å²) in [6.07, 6.45) is 60.6. The predicted octanol–water partition coefficient (Wildman–Crippen LogP) is 18.9. The topological polar surface area (TPSA) is 78.9 Å². The highest BCUT2D eigenvalue weighted by atomic mass is 16.6. The maximum absolute atomic E-state index is 12.8. The lowest BCUT2D eigenvalue weighted by Crippen LogP contribution is -2.30. The van der Waals surface area contributed by atoms with Gasteiger partial charge in [0.05, 0.1) is 0 Å². The molecule has 0 N–H and O–H groups in total. The van der Waals surface area contributed by atoms with Crippen LogP contribution in [0.3, 0.4) is 0 Å². The molecule has 0 saturated carbocycles. The van der Waals surface area contributed by atoms with Crippen LogP contribution in [0.1, 0.15) is 323 Å². The summed E-state index contributed by atoms with van der Waals surface area (Å²) >= 11 is 0. The number of hydrogen-bond acceptors (Lipinski definition) is 6. The van der Waals surface area contributed by atoms with E-state index in [1.165, 1.54) is 218 Å². The van der Waals surface area contributed by atoms with Crippen molar-refractivity contribution in [3.8, 4) is 0 Å². The summed E-state index contributed by atoms with van der Waals surface area (Å²) in [6, 6.07) is 0. The van der Waals surface area contributed by atoms with Crippen LogP contribution in [-0.2, 0) is 28.6 Å². The van der Waals surface area contributed by atoms with Gasteiger partial charge < -0.3 is 14.2 Å². The number of carbonyl (C=O) groups excluding carboxylic acids is 3. The van der Waals surface area contributed by atoms with Crippen molar-refractivity contribution < 1.29 is 28.6 Å². The zero-order chi connectivity index (χ0) is 46.5. The van der Waals surface area contributed by atoms with E-state index < -0.39 is 6.10 Å². The van der Waals surface area contributed by atoms with Crippen molar-refractivity contribution in [3.05, 3.63) is 12.2 Å². The summed E-state index contributed by atoms with van der Waals surface area (Å²) in [4.78, 5) is 38.0. The lowest BCUT2D eigenvalue weighted by Gasteiger charge is -2.18. The van der Waals surface area contributed by atoms with Gasteiger partial charge in [0, 0.05) is 19.3 Å². The van der Waals surface area contributed by atoms with Gasteiger partial charge in [-0.2, -0.15) is 0 Å². The Morgan fingerprint density at radius 3 is 0.797 bits per heavy atom. The molecule has 0 aliphatic rings. The maximum Gasteiger partial charge on any atom is 0.306 e. The second-order valence-electron chi connectivity index (χ2n) is 19.6. The Hall–Kier alpha value is -1.85. The lowest BCUT2D eigenvalue weighted by atomic mass is 10.0. The molecule has 0 heterocycles. The Morgan fingerprint density at radius 2 is 0.516 bits per heavy atom. The van der Waals surface area contributed by atoms with E-state index in [1.807, 2.05) is 0 Å². The summed E-state index contributed by atoms with van der Waals surface area (Å²) in [5, 5.41) is 0. The fraction of sp³-hybridized carbons (Fsp3) is 0.914. The van der Waals surface area contributed by atoms with E-state index in [0.717, 1.165) is 64.2 Å². The molecule has 1 unspecified atom stereocenters. The van der Waals surface area contributed by atoms with Gasteiger partial charge in [-0.3, -0.25) is 14.4 Å². The molecule has 0 fully saturated rings. The van der Waals surface area contributed by atoms with Gasteiger partial charge in [-0.25, -0.2) is 0 Å². The second kappa shape index (κ2) is 53.8. The Morgan fingerprint density at radius 1 is 0.297 bits per heavy atom. The first-order chi connectivity index (χ1) is 31.5. The standard InChI is InChI=1S/C58H110O6/c1-4-7-10-13-16-19-22-25-26-27-28-29-30-31-32-34-36-39-42-45-48-51-57(60)63-54-55(53-62-56(59)50-47-44-41-38-35-24-21-18-15-12-9-6-3)64-58(61)52-49-46-43-40-37-33-23-20-17-14-11-8-5-2/h20,23,55H,4-19,21-22,24-54H2,1-3H3/b23-20-. The third-order valence-corrected chi connectivity index (χ3v) is 13.0. The normalized spacial score (nSPS) is 12.0. The van der Waals surface area contributed by atoms with E-state index in [1.54, 1.807) is 0 Å². The SMILES string of the molecule is CCCCCC/C=C\CCCCCCCC(=O)OC(COC(=O)CCCCCCCCCCCCCC)COC(=O)CCCCCCCCCCCCCCCCCCCCCCC. The fourth-order valence-corrected chi connectivity index (χ4v) is 8.68. The van der Waals surface area contributed by atoms with E-state index in [0.29, 0.717) is 19.3 Å². The molecule has 378 valence electrons. The summed E-state index contributed by atoms with van der Waals surface area (Å²) in [5.41, 5.74) is 0. The van der Waals surface area contributed by atoms with Crippen LogP contribution in [0.2, 0.25) is 0 Å². The number of hydrogen-bond donors (Lipinski definition) is 0. The zero-order valence-corrected chi connectivity index (χ0v) is 43.3. The van der Waals surface area contributed by atoms with E-state index in [4.69, 9.17) is 14.2 Å². The summed E-state index contributed by atoms with van der Waals surface area (Å²) in [6.45, 7) is 6.67. The van der Waals surface area contributed by atoms with Crippen molar-refractivity contribution >= 4 is 17.9 Å². The predicted molar refractivity (Wildman–Crippen MR) is 275 cm³/mol. The van der Waals surface area contributed by atoms with Crippen LogP contribution >= 0.6 is 0 Å². The first-order valence-corrected chi connectivity index (χ1v) is 28.7. The third kappa shape index (κ3) is 51.1. The number of esters is 3. The molecule has 0 aromatic rings. The largest absolute Gasteiger partial charge is 0.462 e. The van der Waals surface area contributed by atoms with Crippen molar-refractivity contribution in [2.24, 2.45) is 0 Å². The van der Waals surface area contributed by atoms with Gasteiger partial charge >= 0.3 is 17.9 Å². The molecule has 0 aliphatic heterocycles. The fourth-order valence-electron chi connectivity index (χ4n) is 8.68. The number of ether oxygens (including phenoxy) is 3. The van der Waals surface area contributed by atoms with Gasteiger partial charge in [-0.15, -0.1) is 0 Å². The highest BCUT2D eigenvalue weighted by Crippen LogP contribution is 2.17. The minimum absolute atomic E-state index is 0.0676. The summed E-state index contributed by atoms with van der Waals surface area (Å²) < 4.78 is 16.8. The van der Waals surface area contributed by atoms with Crippen molar-refractivity contribution in [3.63, 3.8) is 0 Å². The van der Waals surface area contributed by atoms with E-state index in [9.17, 15) is 14.4 Å². The number of rotatable bonds is 53. The van der Waals surface area contributed by atoms with E-state index in [-0.39, 0.29) is 31.1 Å². The van der Waals surface area contributed by atoms with Crippen molar-refractivity contribution in [1.29, 1.82) is 0 Å². The van der Waals surface area contributed by atoms with Gasteiger partial charge in [0.2, 0.25) is 0 Å². The smallest absolute Gasteiger partial charge is 0.306 e. The van der Waals surface area contributed by atoms with Crippen LogP contribution in [0.25, 0.3) is 0 Å². The van der Waals surface area contributed by atoms with Crippen LogP contribution in [0.4, 0.5) is 0 Å². The molecule has 0 bridgehead atoms. The molecule has 0 rings (SSSR count). The van der Waals surface area contributed by atoms with Crippen molar-refractivity contribution in [2.75, 3.05) is 13.2 Å². The van der Waals surface area contributed by atoms with Gasteiger partial charge in [0.25, 0.3) is 0 Å². The van der Waals surface area contributed by atoms with Gasteiger partial charge in [0.15, 0.2) is 6.10 Å². The molecule has 1 atom stereocenters. The molecule has 0 spiro atoms. The number of allylic oxidation sites excluding steroid dienone is 2. The Balaban J connectivity index is 4.23.